The fraction of sp³-hybridized carbons (Fsp3) is 0.0800. The van der Waals surface area contributed by atoms with Crippen LogP contribution < -0.4 is 5.32 Å². The Hall–Kier alpha value is -4.30. The minimum atomic E-state index is 0.622. The van der Waals surface area contributed by atoms with E-state index in [0.717, 1.165) is 44.9 Å². The van der Waals surface area contributed by atoms with Crippen LogP contribution in [0.3, 0.4) is 0 Å². The smallest absolute Gasteiger partial charge is 0.168 e. The molecule has 0 aliphatic heterocycles. The van der Waals surface area contributed by atoms with Gasteiger partial charge < -0.3 is 5.32 Å². The van der Waals surface area contributed by atoms with Gasteiger partial charge in [0.1, 0.15) is 18.0 Å². The van der Waals surface area contributed by atoms with Gasteiger partial charge in [0.25, 0.3) is 0 Å². The van der Waals surface area contributed by atoms with Crippen molar-refractivity contribution >= 4 is 45.2 Å². The third-order valence-corrected chi connectivity index (χ3v) is 5.86. The standard InChI is InChI=1S/C25H19ClN8/c1-15-10-22(30-21-9-4-3-8-19(15)21)34-23(11-16(2)32-34)31-24-20-13-29-33(25(20)28-14-27-24)18-7-5-6-17(26)12-18/h3-14H,1-2H3,(H,27,28,31). The second-order valence-corrected chi connectivity index (χ2v) is 8.45. The van der Waals surface area contributed by atoms with Gasteiger partial charge in [0.05, 0.1) is 28.5 Å². The molecule has 0 amide bonds. The summed E-state index contributed by atoms with van der Waals surface area (Å²) in [6.07, 6.45) is 3.25. The summed E-state index contributed by atoms with van der Waals surface area (Å²) in [4.78, 5) is 13.8. The Morgan fingerprint density at radius 3 is 2.65 bits per heavy atom. The molecule has 0 spiro atoms. The molecule has 34 heavy (non-hydrogen) atoms. The summed E-state index contributed by atoms with van der Waals surface area (Å²) in [6, 6.07) is 19.6. The van der Waals surface area contributed by atoms with E-state index in [9.17, 15) is 0 Å². The predicted molar refractivity (Wildman–Crippen MR) is 133 cm³/mol. The molecule has 1 N–H and O–H groups in total. The second kappa shape index (κ2) is 7.93. The van der Waals surface area contributed by atoms with Crippen LogP contribution >= 0.6 is 11.6 Å². The lowest BCUT2D eigenvalue weighted by atomic mass is 10.1. The quantitative estimate of drug-likeness (QED) is 0.366. The highest BCUT2D eigenvalue weighted by Crippen LogP contribution is 2.28. The first-order valence-corrected chi connectivity index (χ1v) is 11.1. The number of pyridine rings is 1. The number of fused-ring (bicyclic) bond motifs is 2. The SMILES string of the molecule is Cc1cc(Nc2ncnc3c2cnn3-c2cccc(Cl)c2)n(-c2cc(C)c3ccccc3n2)n1. The molecule has 4 heterocycles. The summed E-state index contributed by atoms with van der Waals surface area (Å²) < 4.78 is 3.54. The van der Waals surface area contributed by atoms with Gasteiger partial charge in [-0.3, -0.25) is 0 Å². The van der Waals surface area contributed by atoms with Crippen LogP contribution in [0.4, 0.5) is 11.6 Å². The molecule has 9 heteroatoms. The highest BCUT2D eigenvalue weighted by molar-refractivity contribution is 6.30. The number of aryl methyl sites for hydroxylation is 2. The van der Waals surface area contributed by atoms with E-state index in [0.29, 0.717) is 16.5 Å². The van der Waals surface area contributed by atoms with E-state index in [1.54, 1.807) is 15.6 Å². The van der Waals surface area contributed by atoms with Gasteiger partial charge in [-0.2, -0.15) is 14.9 Å². The van der Waals surface area contributed by atoms with Crippen molar-refractivity contribution < 1.29 is 0 Å². The number of rotatable bonds is 4. The number of hydrogen-bond acceptors (Lipinski definition) is 6. The van der Waals surface area contributed by atoms with Gasteiger partial charge in [-0.25, -0.2) is 19.6 Å². The Kier molecular flexibility index (Phi) is 4.74. The van der Waals surface area contributed by atoms with Gasteiger partial charge in [-0.1, -0.05) is 35.9 Å². The summed E-state index contributed by atoms with van der Waals surface area (Å²) in [5.74, 6) is 2.10. The second-order valence-electron chi connectivity index (χ2n) is 8.02. The topological polar surface area (TPSA) is 86.3 Å². The number of nitrogens with one attached hydrogen (secondary N) is 1. The molecule has 0 atom stereocenters. The lowest BCUT2D eigenvalue weighted by molar-refractivity contribution is 0.842. The van der Waals surface area contributed by atoms with E-state index in [2.05, 4.69) is 38.5 Å². The van der Waals surface area contributed by atoms with Crippen LogP contribution in [-0.2, 0) is 0 Å². The van der Waals surface area contributed by atoms with Crippen LogP contribution in [0.25, 0.3) is 33.4 Å². The molecule has 166 valence electrons. The van der Waals surface area contributed by atoms with Crippen molar-refractivity contribution in [3.63, 3.8) is 0 Å². The molecule has 0 saturated heterocycles. The minimum Gasteiger partial charge on any atom is -0.324 e. The fourth-order valence-corrected chi connectivity index (χ4v) is 4.25. The van der Waals surface area contributed by atoms with Crippen LogP contribution in [0.5, 0.6) is 0 Å². The molecule has 6 rings (SSSR count). The Morgan fingerprint density at radius 1 is 0.882 bits per heavy atom. The van der Waals surface area contributed by atoms with Crippen LogP contribution in [-0.4, -0.2) is 34.5 Å². The zero-order valence-electron chi connectivity index (χ0n) is 18.4. The number of halogens is 1. The van der Waals surface area contributed by atoms with Crippen molar-refractivity contribution in [1.82, 2.24) is 34.5 Å². The zero-order valence-corrected chi connectivity index (χ0v) is 19.2. The Morgan fingerprint density at radius 2 is 1.76 bits per heavy atom. The molecule has 0 bridgehead atoms. The van der Waals surface area contributed by atoms with Crippen LogP contribution in [0.1, 0.15) is 11.3 Å². The Labute approximate surface area is 199 Å². The monoisotopic (exact) mass is 466 g/mol. The molecule has 2 aromatic carbocycles. The molecular weight excluding hydrogens is 448 g/mol. The first-order valence-electron chi connectivity index (χ1n) is 10.7. The molecule has 0 fully saturated rings. The van der Waals surface area contributed by atoms with Crippen molar-refractivity contribution in [2.24, 2.45) is 0 Å². The van der Waals surface area contributed by atoms with Gasteiger partial charge in [0.2, 0.25) is 0 Å². The van der Waals surface area contributed by atoms with Crippen molar-refractivity contribution in [1.29, 1.82) is 0 Å². The lowest BCUT2D eigenvalue weighted by Gasteiger charge is -2.11. The molecular formula is C25H19ClN8. The summed E-state index contributed by atoms with van der Waals surface area (Å²) >= 11 is 6.18. The number of aromatic nitrogens is 7. The summed E-state index contributed by atoms with van der Waals surface area (Å²) in [6.45, 7) is 4.03. The van der Waals surface area contributed by atoms with E-state index < -0.39 is 0 Å². The molecule has 0 aliphatic rings. The highest BCUT2D eigenvalue weighted by Gasteiger charge is 2.16. The van der Waals surface area contributed by atoms with E-state index in [-0.39, 0.29) is 0 Å². The molecule has 8 nitrogen and oxygen atoms in total. The van der Waals surface area contributed by atoms with Crippen molar-refractivity contribution in [3.8, 4) is 11.5 Å². The predicted octanol–water partition coefficient (Wildman–Crippen LogP) is 5.56. The van der Waals surface area contributed by atoms with E-state index in [4.69, 9.17) is 16.6 Å². The van der Waals surface area contributed by atoms with Crippen molar-refractivity contribution in [2.75, 3.05) is 5.32 Å². The maximum absolute atomic E-state index is 6.18. The largest absolute Gasteiger partial charge is 0.324 e. The molecule has 4 aromatic heterocycles. The van der Waals surface area contributed by atoms with E-state index in [1.165, 1.54) is 6.33 Å². The van der Waals surface area contributed by atoms with Gasteiger partial charge in [-0.15, -0.1) is 0 Å². The minimum absolute atomic E-state index is 0.622. The average Bonchev–Trinajstić information content (AvgIpc) is 3.43. The van der Waals surface area contributed by atoms with E-state index >= 15 is 0 Å². The van der Waals surface area contributed by atoms with Crippen molar-refractivity contribution in [2.45, 2.75) is 13.8 Å². The van der Waals surface area contributed by atoms with Gasteiger partial charge in [-0.05, 0) is 49.7 Å². The first kappa shape index (κ1) is 20.3. The lowest BCUT2D eigenvalue weighted by Crippen LogP contribution is -2.06. The Balaban J connectivity index is 1.44. The summed E-state index contributed by atoms with van der Waals surface area (Å²) in [5.41, 5.74) is 4.40. The fourth-order valence-electron chi connectivity index (χ4n) is 4.07. The molecule has 0 radical (unpaired) electrons. The van der Waals surface area contributed by atoms with Crippen LogP contribution in [0, 0.1) is 13.8 Å². The van der Waals surface area contributed by atoms with Gasteiger partial charge in [0, 0.05) is 16.5 Å². The summed E-state index contributed by atoms with van der Waals surface area (Å²) in [5, 5.41) is 15.1. The molecule has 6 aromatic rings. The van der Waals surface area contributed by atoms with Crippen LogP contribution in [0.2, 0.25) is 5.02 Å². The third-order valence-electron chi connectivity index (χ3n) is 5.62. The first-order chi connectivity index (χ1) is 16.6. The average molecular weight is 467 g/mol. The van der Waals surface area contributed by atoms with Gasteiger partial charge >= 0.3 is 0 Å². The number of para-hydroxylation sites is 1. The molecule has 0 saturated carbocycles. The maximum atomic E-state index is 6.18. The number of hydrogen-bond donors (Lipinski definition) is 1. The number of anilines is 2. The van der Waals surface area contributed by atoms with Gasteiger partial charge in [0.15, 0.2) is 11.5 Å². The number of benzene rings is 2. The maximum Gasteiger partial charge on any atom is 0.168 e. The number of nitrogens with zero attached hydrogens (tertiary/aromatic N) is 7. The van der Waals surface area contributed by atoms with E-state index in [1.807, 2.05) is 61.5 Å². The van der Waals surface area contributed by atoms with Crippen molar-refractivity contribution in [3.05, 3.63) is 89.5 Å². The summed E-state index contributed by atoms with van der Waals surface area (Å²) in [7, 11) is 0. The highest BCUT2D eigenvalue weighted by atomic mass is 35.5. The Bertz CT molecular complexity index is 1680. The zero-order chi connectivity index (χ0) is 23.2. The normalized spacial score (nSPS) is 11.4. The van der Waals surface area contributed by atoms with Crippen LogP contribution in [0.15, 0.2) is 73.2 Å². The molecule has 0 aliphatic carbocycles. The third kappa shape index (κ3) is 3.45. The molecule has 0 unspecified atom stereocenters.